The number of nitrogens with zero attached hydrogens (tertiary/aromatic N) is 1. The molecule has 1 N–H and O–H groups in total. The Labute approximate surface area is 103 Å². The summed E-state index contributed by atoms with van der Waals surface area (Å²) < 4.78 is 26.3. The highest BCUT2D eigenvalue weighted by atomic mass is 79.9. The molecule has 6 heteroatoms. The fourth-order valence-electron chi connectivity index (χ4n) is 1.68. The molecule has 0 saturated carbocycles. The van der Waals surface area contributed by atoms with Crippen molar-refractivity contribution in [2.75, 3.05) is 13.1 Å². The highest BCUT2D eigenvalue weighted by Gasteiger charge is 2.31. The Kier molecular flexibility index (Phi) is 3.34. The van der Waals surface area contributed by atoms with Crippen molar-refractivity contribution in [1.29, 1.82) is 0 Å². The van der Waals surface area contributed by atoms with Gasteiger partial charge in [-0.05, 0) is 30.7 Å². The lowest BCUT2D eigenvalue weighted by atomic mass is 10.3. The molecule has 0 spiro atoms. The van der Waals surface area contributed by atoms with E-state index in [1.54, 1.807) is 24.3 Å². The molecule has 16 heavy (non-hydrogen) atoms. The Morgan fingerprint density at radius 2 is 1.94 bits per heavy atom. The molecule has 0 aromatic heterocycles. The van der Waals surface area contributed by atoms with Crippen molar-refractivity contribution in [1.82, 2.24) is 4.31 Å². The van der Waals surface area contributed by atoms with Crippen LogP contribution in [0.3, 0.4) is 0 Å². The number of hydrogen-bond donors (Lipinski definition) is 1. The quantitative estimate of drug-likeness (QED) is 0.893. The monoisotopic (exact) mass is 305 g/mol. The molecule has 1 saturated heterocycles. The first kappa shape index (κ1) is 12.0. The molecule has 0 aliphatic carbocycles. The zero-order chi connectivity index (χ0) is 11.8. The molecule has 0 radical (unpaired) electrons. The summed E-state index contributed by atoms with van der Waals surface area (Å²) in [6.07, 6.45) is -0.0271. The summed E-state index contributed by atoms with van der Waals surface area (Å²) in [5.41, 5.74) is 0. The van der Waals surface area contributed by atoms with Gasteiger partial charge in [-0.15, -0.1) is 0 Å². The van der Waals surface area contributed by atoms with Crippen molar-refractivity contribution in [2.45, 2.75) is 17.4 Å². The molecule has 88 valence electrons. The zero-order valence-corrected chi connectivity index (χ0v) is 10.9. The maximum Gasteiger partial charge on any atom is 0.243 e. The fraction of sp³-hybridized carbons (Fsp3) is 0.400. The number of hydrogen-bond acceptors (Lipinski definition) is 3. The van der Waals surface area contributed by atoms with Crippen molar-refractivity contribution < 1.29 is 13.5 Å². The van der Waals surface area contributed by atoms with E-state index in [0.29, 0.717) is 13.0 Å². The van der Waals surface area contributed by atoms with Crippen LogP contribution >= 0.6 is 15.9 Å². The van der Waals surface area contributed by atoms with Gasteiger partial charge in [-0.3, -0.25) is 0 Å². The summed E-state index contributed by atoms with van der Waals surface area (Å²) in [7, 11) is -3.44. The number of rotatable bonds is 2. The number of sulfonamides is 1. The van der Waals surface area contributed by atoms with E-state index in [1.807, 2.05) is 0 Å². The van der Waals surface area contributed by atoms with Gasteiger partial charge < -0.3 is 5.11 Å². The molecule has 0 bridgehead atoms. The van der Waals surface area contributed by atoms with Crippen LogP contribution in [0.1, 0.15) is 6.42 Å². The van der Waals surface area contributed by atoms with Crippen molar-refractivity contribution in [2.24, 2.45) is 0 Å². The molecule has 2 rings (SSSR count). The molecular weight excluding hydrogens is 294 g/mol. The number of aliphatic hydroxyl groups excluding tert-OH is 1. The highest BCUT2D eigenvalue weighted by molar-refractivity contribution is 9.10. The van der Waals surface area contributed by atoms with Crippen LogP contribution in [-0.4, -0.2) is 37.0 Å². The van der Waals surface area contributed by atoms with Crippen LogP contribution in [-0.2, 0) is 10.0 Å². The Balaban J connectivity index is 2.29. The lowest BCUT2D eigenvalue weighted by Crippen LogP contribution is -2.29. The highest BCUT2D eigenvalue weighted by Crippen LogP contribution is 2.22. The van der Waals surface area contributed by atoms with Crippen molar-refractivity contribution >= 4 is 26.0 Å². The first-order valence-electron chi connectivity index (χ1n) is 4.94. The second-order valence-corrected chi connectivity index (χ2v) is 6.61. The average Bonchev–Trinajstić information content (AvgIpc) is 2.66. The summed E-state index contributed by atoms with van der Waals surface area (Å²) in [6, 6.07) is 6.51. The number of halogens is 1. The molecule has 0 unspecified atom stereocenters. The number of benzene rings is 1. The van der Waals surface area contributed by atoms with Crippen LogP contribution in [0, 0.1) is 0 Å². The minimum Gasteiger partial charge on any atom is -0.392 e. The van der Waals surface area contributed by atoms with Crippen LogP contribution in [0.25, 0.3) is 0 Å². The normalized spacial score (nSPS) is 22.5. The Hall–Kier alpha value is -0.430. The molecule has 1 aliphatic rings. The number of β-amino-alcohol motifs (C(OH)–C–C–N with tert-alkyl or cyclic N) is 1. The van der Waals surface area contributed by atoms with Gasteiger partial charge in [0.15, 0.2) is 0 Å². The minimum absolute atomic E-state index is 0.193. The summed E-state index contributed by atoms with van der Waals surface area (Å²) in [5, 5.41) is 9.34. The molecule has 1 heterocycles. The van der Waals surface area contributed by atoms with E-state index in [9.17, 15) is 13.5 Å². The van der Waals surface area contributed by atoms with Gasteiger partial charge in [0, 0.05) is 17.6 Å². The second kappa shape index (κ2) is 4.44. The smallest absolute Gasteiger partial charge is 0.243 e. The summed E-state index contributed by atoms with van der Waals surface area (Å²) >= 11 is 3.26. The van der Waals surface area contributed by atoms with Crippen LogP contribution in [0.2, 0.25) is 0 Å². The summed E-state index contributed by atoms with van der Waals surface area (Å²) in [5.74, 6) is 0. The van der Waals surface area contributed by atoms with Gasteiger partial charge in [0.1, 0.15) is 0 Å². The van der Waals surface area contributed by atoms with Crippen LogP contribution in [0.15, 0.2) is 33.6 Å². The topological polar surface area (TPSA) is 57.6 Å². The van der Waals surface area contributed by atoms with E-state index in [0.717, 1.165) is 4.47 Å². The van der Waals surface area contributed by atoms with Gasteiger partial charge in [0.2, 0.25) is 10.0 Å². The van der Waals surface area contributed by atoms with Crippen molar-refractivity contribution in [3.05, 3.63) is 28.7 Å². The molecule has 1 atom stereocenters. The molecule has 1 aromatic rings. The van der Waals surface area contributed by atoms with E-state index in [-0.39, 0.29) is 11.4 Å². The average molecular weight is 306 g/mol. The Morgan fingerprint density at radius 3 is 2.44 bits per heavy atom. The van der Waals surface area contributed by atoms with E-state index in [1.165, 1.54) is 4.31 Å². The van der Waals surface area contributed by atoms with Gasteiger partial charge in [-0.2, -0.15) is 4.31 Å². The molecule has 1 aliphatic heterocycles. The van der Waals surface area contributed by atoms with E-state index < -0.39 is 16.1 Å². The maximum absolute atomic E-state index is 12.1. The van der Waals surface area contributed by atoms with Crippen LogP contribution in [0.5, 0.6) is 0 Å². The van der Waals surface area contributed by atoms with Crippen molar-refractivity contribution in [3.63, 3.8) is 0 Å². The van der Waals surface area contributed by atoms with Gasteiger partial charge >= 0.3 is 0 Å². The second-order valence-electron chi connectivity index (χ2n) is 3.76. The van der Waals surface area contributed by atoms with Gasteiger partial charge in [0.25, 0.3) is 0 Å². The Morgan fingerprint density at radius 1 is 1.31 bits per heavy atom. The van der Waals surface area contributed by atoms with E-state index in [4.69, 9.17) is 0 Å². The summed E-state index contributed by atoms with van der Waals surface area (Å²) in [4.78, 5) is 0.268. The zero-order valence-electron chi connectivity index (χ0n) is 8.51. The maximum atomic E-state index is 12.1. The first-order chi connectivity index (χ1) is 7.50. The predicted molar refractivity (Wildman–Crippen MR) is 63.5 cm³/mol. The fourth-order valence-corrected chi connectivity index (χ4v) is 3.44. The lowest BCUT2D eigenvalue weighted by molar-refractivity contribution is 0.189. The van der Waals surface area contributed by atoms with Gasteiger partial charge in [0.05, 0.1) is 11.0 Å². The molecule has 1 fully saturated rings. The molecule has 4 nitrogen and oxygen atoms in total. The minimum atomic E-state index is -3.44. The van der Waals surface area contributed by atoms with Crippen LogP contribution in [0.4, 0.5) is 0 Å². The van der Waals surface area contributed by atoms with Crippen molar-refractivity contribution in [3.8, 4) is 0 Å². The number of aliphatic hydroxyl groups is 1. The summed E-state index contributed by atoms with van der Waals surface area (Å²) in [6.45, 7) is 0.581. The lowest BCUT2D eigenvalue weighted by Gasteiger charge is -2.15. The largest absolute Gasteiger partial charge is 0.392 e. The van der Waals surface area contributed by atoms with Gasteiger partial charge in [-0.25, -0.2) is 8.42 Å². The first-order valence-corrected chi connectivity index (χ1v) is 7.17. The SMILES string of the molecule is O=S(=O)(c1ccc(Br)cc1)N1CC[C@H](O)C1. The van der Waals surface area contributed by atoms with E-state index >= 15 is 0 Å². The predicted octanol–water partition coefficient (Wildman–Crippen LogP) is 1.20. The third-order valence-corrected chi connectivity index (χ3v) is 4.99. The third-order valence-electron chi connectivity index (χ3n) is 2.58. The molecule has 0 amide bonds. The van der Waals surface area contributed by atoms with Gasteiger partial charge in [-0.1, -0.05) is 15.9 Å². The van der Waals surface area contributed by atoms with E-state index in [2.05, 4.69) is 15.9 Å². The molecule has 1 aromatic carbocycles. The standard InChI is InChI=1S/C10H12BrNO3S/c11-8-1-3-10(4-2-8)16(14,15)12-6-5-9(13)7-12/h1-4,9,13H,5-7H2/t9-/m0/s1. The Bertz CT molecular complexity index is 471. The van der Waals surface area contributed by atoms with Crippen LogP contribution < -0.4 is 0 Å². The third kappa shape index (κ3) is 2.29. The molecular formula is C10H12BrNO3S.